The van der Waals surface area contributed by atoms with Crippen LogP contribution in [-0.4, -0.2) is 36.3 Å². The number of nitrogens with zero attached hydrogens (tertiary/aromatic N) is 1. The van der Waals surface area contributed by atoms with E-state index in [0.29, 0.717) is 6.54 Å². The molecule has 1 unspecified atom stereocenters. The van der Waals surface area contributed by atoms with Crippen molar-refractivity contribution < 1.29 is 13.2 Å². The van der Waals surface area contributed by atoms with E-state index in [1.54, 1.807) is 4.31 Å². The predicted octanol–water partition coefficient (Wildman–Crippen LogP) is 1.74. The fourth-order valence-electron chi connectivity index (χ4n) is 2.07. The van der Waals surface area contributed by atoms with Crippen LogP contribution in [0.15, 0.2) is 0 Å². The summed E-state index contributed by atoms with van der Waals surface area (Å²) in [5.74, 6) is -0.161. The first-order valence-corrected chi connectivity index (χ1v) is 7.64. The maximum Gasteiger partial charge on any atom is 0.222 e. The zero-order valence-electron chi connectivity index (χ0n) is 9.49. The van der Waals surface area contributed by atoms with Crippen LogP contribution in [0.5, 0.6) is 0 Å². The molecule has 0 aromatic heterocycles. The van der Waals surface area contributed by atoms with Gasteiger partial charge in [0.15, 0.2) is 0 Å². The number of carbonyl (C=O) groups is 1. The molecule has 1 aliphatic rings. The quantitative estimate of drug-likeness (QED) is 0.713. The molecule has 1 atom stereocenters. The minimum absolute atomic E-state index is 0.100. The number of hydrogen-bond donors (Lipinski definition) is 0. The second-order valence-corrected chi connectivity index (χ2v) is 6.55. The van der Waals surface area contributed by atoms with Gasteiger partial charge in [0.05, 0.1) is 5.75 Å². The van der Waals surface area contributed by atoms with Crippen molar-refractivity contribution in [3.05, 3.63) is 0 Å². The van der Waals surface area contributed by atoms with E-state index in [4.69, 9.17) is 11.6 Å². The van der Waals surface area contributed by atoms with Crippen molar-refractivity contribution in [3.8, 4) is 0 Å². The highest BCUT2D eigenvalue weighted by molar-refractivity contribution is 7.89. The van der Waals surface area contributed by atoms with E-state index in [-0.39, 0.29) is 18.2 Å². The Morgan fingerprint density at radius 2 is 2.12 bits per heavy atom. The first-order chi connectivity index (χ1) is 7.47. The smallest absolute Gasteiger partial charge is 0.222 e. The van der Waals surface area contributed by atoms with Gasteiger partial charge in [0.25, 0.3) is 0 Å². The van der Waals surface area contributed by atoms with Crippen molar-refractivity contribution in [2.45, 2.75) is 45.1 Å². The standard InChI is InChI=1S/C10H18ClNO3S/c1-2-9-5-3-4-7-12(9)16(14,15)8-6-10(11)13/h9H,2-8H2,1H3. The van der Waals surface area contributed by atoms with E-state index in [9.17, 15) is 13.2 Å². The average molecular weight is 268 g/mol. The van der Waals surface area contributed by atoms with Crippen molar-refractivity contribution in [1.29, 1.82) is 0 Å². The fraction of sp³-hybridized carbons (Fsp3) is 0.900. The highest BCUT2D eigenvalue weighted by Crippen LogP contribution is 2.23. The SMILES string of the molecule is CCC1CCCCN1S(=O)(=O)CCC(=O)Cl. The maximum atomic E-state index is 12.0. The van der Waals surface area contributed by atoms with Gasteiger partial charge in [-0.1, -0.05) is 13.3 Å². The molecule has 1 aliphatic heterocycles. The predicted molar refractivity (Wildman–Crippen MR) is 63.9 cm³/mol. The van der Waals surface area contributed by atoms with Gasteiger partial charge < -0.3 is 0 Å². The van der Waals surface area contributed by atoms with Gasteiger partial charge in [-0.05, 0) is 30.9 Å². The Balaban J connectivity index is 2.68. The number of hydrogen-bond acceptors (Lipinski definition) is 3. The lowest BCUT2D eigenvalue weighted by Crippen LogP contribution is -2.44. The summed E-state index contributed by atoms with van der Waals surface area (Å²) >= 11 is 5.17. The van der Waals surface area contributed by atoms with Crippen LogP contribution < -0.4 is 0 Å². The van der Waals surface area contributed by atoms with Gasteiger partial charge in [-0.2, -0.15) is 4.31 Å². The van der Waals surface area contributed by atoms with Crippen LogP contribution in [-0.2, 0) is 14.8 Å². The maximum absolute atomic E-state index is 12.0. The zero-order chi connectivity index (χ0) is 12.2. The molecule has 1 saturated heterocycles. The monoisotopic (exact) mass is 267 g/mol. The lowest BCUT2D eigenvalue weighted by Gasteiger charge is -2.34. The molecule has 16 heavy (non-hydrogen) atoms. The minimum Gasteiger partial charge on any atom is -0.281 e. The summed E-state index contributed by atoms with van der Waals surface area (Å²) in [6, 6.07) is 0.101. The fourth-order valence-corrected chi connectivity index (χ4v) is 4.08. The third-order valence-electron chi connectivity index (χ3n) is 2.96. The molecular weight excluding hydrogens is 250 g/mol. The van der Waals surface area contributed by atoms with E-state index in [2.05, 4.69) is 0 Å². The van der Waals surface area contributed by atoms with Gasteiger partial charge >= 0.3 is 0 Å². The third-order valence-corrected chi connectivity index (χ3v) is 5.06. The van der Waals surface area contributed by atoms with Crippen molar-refractivity contribution in [3.63, 3.8) is 0 Å². The summed E-state index contributed by atoms with van der Waals surface area (Å²) in [5.41, 5.74) is 0. The summed E-state index contributed by atoms with van der Waals surface area (Å²) < 4.78 is 25.5. The molecular formula is C10H18ClNO3S. The summed E-state index contributed by atoms with van der Waals surface area (Å²) in [6.45, 7) is 2.57. The Hall–Kier alpha value is -0.130. The third kappa shape index (κ3) is 3.71. The van der Waals surface area contributed by atoms with Crippen LogP contribution in [0, 0.1) is 0 Å². The highest BCUT2D eigenvalue weighted by Gasteiger charge is 2.30. The Labute approximate surface area is 102 Å². The van der Waals surface area contributed by atoms with E-state index < -0.39 is 15.3 Å². The molecule has 4 nitrogen and oxygen atoms in total. The molecule has 0 aliphatic carbocycles. The van der Waals surface area contributed by atoms with Crippen LogP contribution in [0.1, 0.15) is 39.0 Å². The summed E-state index contributed by atoms with van der Waals surface area (Å²) in [7, 11) is -3.31. The molecule has 94 valence electrons. The van der Waals surface area contributed by atoms with Crippen molar-refractivity contribution >= 4 is 26.9 Å². The van der Waals surface area contributed by atoms with E-state index in [1.165, 1.54) is 0 Å². The van der Waals surface area contributed by atoms with Crippen molar-refractivity contribution in [1.82, 2.24) is 4.31 Å². The minimum atomic E-state index is -3.31. The number of carbonyl (C=O) groups excluding carboxylic acids is 1. The van der Waals surface area contributed by atoms with Crippen LogP contribution in [0.25, 0.3) is 0 Å². The molecule has 1 rings (SSSR count). The number of sulfonamides is 1. The van der Waals surface area contributed by atoms with Crippen LogP contribution in [0.4, 0.5) is 0 Å². The molecule has 0 bridgehead atoms. The second-order valence-electron chi connectivity index (χ2n) is 4.09. The largest absolute Gasteiger partial charge is 0.281 e. The molecule has 6 heteroatoms. The lowest BCUT2D eigenvalue weighted by molar-refractivity contribution is -0.111. The average Bonchev–Trinajstić information content (AvgIpc) is 2.26. The number of rotatable bonds is 5. The first kappa shape index (κ1) is 13.9. The molecule has 0 saturated carbocycles. The molecule has 0 spiro atoms. The molecule has 0 N–H and O–H groups in total. The molecule has 0 radical (unpaired) electrons. The van der Waals surface area contributed by atoms with Crippen LogP contribution >= 0.6 is 11.6 Å². The van der Waals surface area contributed by atoms with Gasteiger partial charge in [0.2, 0.25) is 15.3 Å². The molecule has 0 aromatic rings. The van der Waals surface area contributed by atoms with Crippen molar-refractivity contribution in [2.24, 2.45) is 0 Å². The first-order valence-electron chi connectivity index (χ1n) is 5.65. The Bertz CT molecular complexity index is 342. The van der Waals surface area contributed by atoms with E-state index >= 15 is 0 Å². The Morgan fingerprint density at radius 3 is 2.69 bits per heavy atom. The van der Waals surface area contributed by atoms with E-state index in [0.717, 1.165) is 25.7 Å². The van der Waals surface area contributed by atoms with E-state index in [1.807, 2.05) is 6.92 Å². The lowest BCUT2D eigenvalue weighted by atomic mass is 10.0. The molecule has 0 amide bonds. The summed E-state index contributed by atoms with van der Waals surface area (Å²) in [6.07, 6.45) is 3.64. The topological polar surface area (TPSA) is 54.5 Å². The molecule has 1 fully saturated rings. The number of halogens is 1. The van der Waals surface area contributed by atoms with Gasteiger partial charge in [-0.15, -0.1) is 0 Å². The Kier molecular flexibility index (Phi) is 5.21. The Morgan fingerprint density at radius 1 is 1.44 bits per heavy atom. The van der Waals surface area contributed by atoms with Crippen LogP contribution in [0.3, 0.4) is 0 Å². The van der Waals surface area contributed by atoms with Gasteiger partial charge in [-0.3, -0.25) is 4.79 Å². The van der Waals surface area contributed by atoms with Gasteiger partial charge in [-0.25, -0.2) is 8.42 Å². The zero-order valence-corrected chi connectivity index (χ0v) is 11.1. The van der Waals surface area contributed by atoms with Crippen LogP contribution in [0.2, 0.25) is 0 Å². The summed E-state index contributed by atoms with van der Waals surface area (Å²) in [5, 5.41) is -0.589. The highest BCUT2D eigenvalue weighted by atomic mass is 35.5. The second kappa shape index (κ2) is 5.98. The van der Waals surface area contributed by atoms with Crippen molar-refractivity contribution in [2.75, 3.05) is 12.3 Å². The number of piperidine rings is 1. The van der Waals surface area contributed by atoms with Gasteiger partial charge in [0.1, 0.15) is 0 Å². The normalized spacial score (nSPS) is 23.2. The summed E-state index contributed by atoms with van der Waals surface area (Å²) in [4.78, 5) is 10.6. The molecule has 0 aromatic carbocycles. The molecule has 1 heterocycles. The van der Waals surface area contributed by atoms with Gasteiger partial charge in [0, 0.05) is 19.0 Å².